The van der Waals surface area contributed by atoms with Crippen molar-refractivity contribution in [1.29, 1.82) is 0 Å². The van der Waals surface area contributed by atoms with Gasteiger partial charge in [0, 0.05) is 44.1 Å². The summed E-state index contributed by atoms with van der Waals surface area (Å²) in [6.45, 7) is 10.6. The van der Waals surface area contributed by atoms with E-state index >= 15 is 0 Å². The number of aromatic nitrogens is 3. The Morgan fingerprint density at radius 1 is 1.16 bits per heavy atom. The van der Waals surface area contributed by atoms with Crippen LogP contribution >= 0.6 is 0 Å². The molecule has 1 saturated heterocycles. The van der Waals surface area contributed by atoms with Crippen molar-refractivity contribution in [2.24, 2.45) is 0 Å². The summed E-state index contributed by atoms with van der Waals surface area (Å²) in [7, 11) is 2.10. The molecule has 1 fully saturated rings. The molecular formula is C18H28N6O. The van der Waals surface area contributed by atoms with Crippen LogP contribution in [0.25, 0.3) is 5.65 Å². The molecule has 0 spiro atoms. The molecule has 2 aromatic rings. The number of carbonyl (C=O) groups is 1. The number of nitrogens with zero attached hydrogens (tertiary/aromatic N) is 6. The largest absolute Gasteiger partial charge is 0.337 e. The molecule has 3 rings (SSSR count). The average Bonchev–Trinajstić information content (AvgIpc) is 2.92. The number of hydrogen-bond donors (Lipinski definition) is 0. The topological polar surface area (TPSA) is 57.0 Å². The number of rotatable bonds is 5. The van der Waals surface area contributed by atoms with Crippen molar-refractivity contribution in [2.75, 3.05) is 46.3 Å². The Morgan fingerprint density at radius 2 is 1.96 bits per heavy atom. The third kappa shape index (κ3) is 3.99. The van der Waals surface area contributed by atoms with Crippen molar-refractivity contribution in [3.05, 3.63) is 29.7 Å². The second-order valence-corrected chi connectivity index (χ2v) is 6.70. The van der Waals surface area contributed by atoms with E-state index in [1.165, 1.54) is 0 Å². The normalized spacial score (nSPS) is 16.6. The maximum absolute atomic E-state index is 12.9. The Morgan fingerprint density at radius 3 is 2.72 bits per heavy atom. The lowest BCUT2D eigenvalue weighted by Gasteiger charge is -2.20. The van der Waals surface area contributed by atoms with Gasteiger partial charge in [0.15, 0.2) is 5.65 Å². The molecule has 0 atom stereocenters. The summed E-state index contributed by atoms with van der Waals surface area (Å²) >= 11 is 0. The summed E-state index contributed by atoms with van der Waals surface area (Å²) in [6, 6.07) is 0. The van der Waals surface area contributed by atoms with Crippen LogP contribution in [-0.4, -0.2) is 81.5 Å². The van der Waals surface area contributed by atoms with E-state index in [2.05, 4.69) is 40.8 Å². The Balaban J connectivity index is 1.79. The lowest BCUT2D eigenvalue weighted by atomic mass is 10.2. The lowest BCUT2D eigenvalue weighted by Crippen LogP contribution is -2.34. The van der Waals surface area contributed by atoms with E-state index in [0.29, 0.717) is 11.2 Å². The van der Waals surface area contributed by atoms with Crippen LogP contribution in [-0.2, 0) is 6.54 Å². The number of amides is 1. The van der Waals surface area contributed by atoms with Crippen molar-refractivity contribution in [3.63, 3.8) is 0 Å². The van der Waals surface area contributed by atoms with Crippen LogP contribution in [0.15, 0.2) is 18.6 Å². The molecule has 0 bridgehead atoms. The fourth-order valence-corrected chi connectivity index (χ4v) is 3.27. The molecule has 0 aromatic carbocycles. The standard InChI is InChI=1S/C18H28N6O/c1-4-22(5-2)13-15-11-19-17-16(12-20-24(17)14-15)18(25)23-8-6-7-21(3)9-10-23/h11-12,14H,4-10,13H2,1-3H3. The molecule has 136 valence electrons. The molecule has 0 N–H and O–H groups in total. The molecule has 0 saturated carbocycles. The highest BCUT2D eigenvalue weighted by Gasteiger charge is 2.22. The predicted molar refractivity (Wildman–Crippen MR) is 97.6 cm³/mol. The minimum atomic E-state index is 0.0364. The molecule has 0 unspecified atom stereocenters. The number of fused-ring (bicyclic) bond motifs is 1. The summed E-state index contributed by atoms with van der Waals surface area (Å²) < 4.78 is 1.73. The minimum Gasteiger partial charge on any atom is -0.337 e. The van der Waals surface area contributed by atoms with E-state index in [-0.39, 0.29) is 5.91 Å². The molecule has 1 amide bonds. The molecular weight excluding hydrogens is 316 g/mol. The SMILES string of the molecule is CCN(CC)Cc1cnc2c(C(=O)N3CCCN(C)CC3)cnn2c1. The van der Waals surface area contributed by atoms with Gasteiger partial charge in [-0.3, -0.25) is 9.69 Å². The predicted octanol–water partition coefficient (Wildman–Crippen LogP) is 1.35. The zero-order valence-corrected chi connectivity index (χ0v) is 15.5. The van der Waals surface area contributed by atoms with Crippen LogP contribution < -0.4 is 0 Å². The van der Waals surface area contributed by atoms with Crippen LogP contribution in [0.3, 0.4) is 0 Å². The molecule has 25 heavy (non-hydrogen) atoms. The molecule has 2 aromatic heterocycles. The molecule has 1 aliphatic rings. The molecule has 1 aliphatic heterocycles. The van der Waals surface area contributed by atoms with Gasteiger partial charge in [-0.2, -0.15) is 5.10 Å². The van der Waals surface area contributed by atoms with E-state index in [1.54, 1.807) is 10.7 Å². The highest BCUT2D eigenvalue weighted by atomic mass is 16.2. The number of carbonyl (C=O) groups excluding carboxylic acids is 1. The summed E-state index contributed by atoms with van der Waals surface area (Å²) in [6.07, 6.45) is 6.50. The van der Waals surface area contributed by atoms with Gasteiger partial charge < -0.3 is 9.80 Å². The van der Waals surface area contributed by atoms with Crippen molar-refractivity contribution in [1.82, 2.24) is 29.3 Å². The monoisotopic (exact) mass is 344 g/mol. The summed E-state index contributed by atoms with van der Waals surface area (Å²) in [5, 5.41) is 4.37. The van der Waals surface area contributed by atoms with Gasteiger partial charge in [0.25, 0.3) is 5.91 Å². The highest BCUT2D eigenvalue weighted by molar-refractivity contribution is 5.99. The first-order chi connectivity index (χ1) is 12.1. The van der Waals surface area contributed by atoms with Gasteiger partial charge in [-0.1, -0.05) is 13.8 Å². The van der Waals surface area contributed by atoms with Crippen LogP contribution in [0.2, 0.25) is 0 Å². The summed E-state index contributed by atoms with van der Waals surface area (Å²) in [4.78, 5) is 23.9. The maximum Gasteiger partial charge on any atom is 0.259 e. The zero-order chi connectivity index (χ0) is 17.8. The number of likely N-dealkylation sites (N-methyl/N-ethyl adjacent to an activating group) is 1. The van der Waals surface area contributed by atoms with E-state index in [0.717, 1.165) is 57.8 Å². The highest BCUT2D eigenvalue weighted by Crippen LogP contribution is 2.14. The first-order valence-electron chi connectivity index (χ1n) is 9.14. The Kier molecular flexibility index (Phi) is 5.65. The first-order valence-corrected chi connectivity index (χ1v) is 9.14. The van der Waals surface area contributed by atoms with Gasteiger partial charge in [0.2, 0.25) is 0 Å². The quantitative estimate of drug-likeness (QED) is 0.819. The third-order valence-electron chi connectivity index (χ3n) is 4.95. The zero-order valence-electron chi connectivity index (χ0n) is 15.5. The van der Waals surface area contributed by atoms with Crippen LogP contribution in [0.4, 0.5) is 0 Å². The van der Waals surface area contributed by atoms with Crippen molar-refractivity contribution < 1.29 is 4.79 Å². The molecule has 0 radical (unpaired) electrons. The van der Waals surface area contributed by atoms with E-state index in [9.17, 15) is 4.79 Å². The van der Waals surface area contributed by atoms with Gasteiger partial charge in [0.1, 0.15) is 5.56 Å². The van der Waals surface area contributed by atoms with Crippen LogP contribution in [0.5, 0.6) is 0 Å². The summed E-state index contributed by atoms with van der Waals surface area (Å²) in [5.41, 5.74) is 2.35. The van der Waals surface area contributed by atoms with E-state index in [4.69, 9.17) is 0 Å². The maximum atomic E-state index is 12.9. The second kappa shape index (κ2) is 7.93. The minimum absolute atomic E-state index is 0.0364. The van der Waals surface area contributed by atoms with Crippen LogP contribution in [0.1, 0.15) is 36.2 Å². The van der Waals surface area contributed by atoms with Gasteiger partial charge in [-0.05, 0) is 33.1 Å². The van der Waals surface area contributed by atoms with E-state index < -0.39 is 0 Å². The summed E-state index contributed by atoms with van der Waals surface area (Å²) in [5.74, 6) is 0.0364. The van der Waals surface area contributed by atoms with Crippen molar-refractivity contribution in [3.8, 4) is 0 Å². The Labute approximate surface area is 149 Å². The third-order valence-corrected chi connectivity index (χ3v) is 4.95. The molecule has 3 heterocycles. The van der Waals surface area contributed by atoms with Gasteiger partial charge in [-0.15, -0.1) is 0 Å². The Hall–Kier alpha value is -1.99. The average molecular weight is 344 g/mol. The fourth-order valence-electron chi connectivity index (χ4n) is 3.27. The van der Waals surface area contributed by atoms with Crippen molar-refractivity contribution >= 4 is 11.6 Å². The smallest absolute Gasteiger partial charge is 0.259 e. The first kappa shape index (κ1) is 17.8. The van der Waals surface area contributed by atoms with Crippen molar-refractivity contribution in [2.45, 2.75) is 26.8 Å². The van der Waals surface area contributed by atoms with E-state index in [1.807, 2.05) is 17.3 Å². The Bertz CT molecular complexity index is 723. The van der Waals surface area contributed by atoms with Crippen LogP contribution in [0, 0.1) is 0 Å². The molecule has 7 heteroatoms. The van der Waals surface area contributed by atoms with Gasteiger partial charge in [0.05, 0.1) is 6.20 Å². The fraction of sp³-hybridized carbons (Fsp3) is 0.611. The van der Waals surface area contributed by atoms with Gasteiger partial charge in [-0.25, -0.2) is 9.50 Å². The van der Waals surface area contributed by atoms with Gasteiger partial charge >= 0.3 is 0 Å². The lowest BCUT2D eigenvalue weighted by molar-refractivity contribution is 0.0764. The second-order valence-electron chi connectivity index (χ2n) is 6.70. The number of hydrogen-bond acceptors (Lipinski definition) is 5. The molecule has 7 nitrogen and oxygen atoms in total. The molecule has 0 aliphatic carbocycles.